The highest BCUT2D eigenvalue weighted by atomic mass is 14.9. The molecule has 0 spiro atoms. The van der Waals surface area contributed by atoms with Gasteiger partial charge < -0.3 is 0 Å². The molecule has 0 bridgehead atoms. The number of nitrogens with zero attached hydrogens (tertiary/aromatic N) is 4. The van der Waals surface area contributed by atoms with Gasteiger partial charge in [0.05, 0.1) is 11.1 Å². The summed E-state index contributed by atoms with van der Waals surface area (Å²) < 4.78 is 0. The Morgan fingerprint density at radius 1 is 0.708 bits per heavy atom. The minimum atomic E-state index is 0.683. The lowest BCUT2D eigenvalue weighted by atomic mass is 10.3. The molecule has 2 aromatic heterocycles. The molecule has 0 aliphatic heterocycles. The van der Waals surface area contributed by atoms with Crippen molar-refractivity contribution in [2.24, 2.45) is 0 Å². The van der Waals surface area contributed by atoms with Crippen molar-refractivity contribution < 1.29 is 0 Å². The summed E-state index contributed by atoms with van der Waals surface area (Å²) in [7, 11) is 0. The first-order valence-electron chi connectivity index (χ1n) is 7.81. The molecule has 0 atom stereocenters. The molecule has 2 rings (SSSR count). The Bertz CT molecular complexity index is 750. The van der Waals surface area contributed by atoms with Gasteiger partial charge in [0.25, 0.3) is 0 Å². The predicted molar refractivity (Wildman–Crippen MR) is 96.5 cm³/mol. The van der Waals surface area contributed by atoms with Gasteiger partial charge in [-0.05, 0) is 48.7 Å². The van der Waals surface area contributed by atoms with Gasteiger partial charge in [0.2, 0.25) is 0 Å². The lowest BCUT2D eigenvalue weighted by molar-refractivity contribution is 1.12. The summed E-state index contributed by atoms with van der Waals surface area (Å²) in [6, 6.07) is 0. The van der Waals surface area contributed by atoms with Crippen molar-refractivity contribution in [1.82, 2.24) is 19.9 Å². The summed E-state index contributed by atoms with van der Waals surface area (Å²) in [6.45, 7) is 4.13. The van der Waals surface area contributed by atoms with Gasteiger partial charge >= 0.3 is 0 Å². The van der Waals surface area contributed by atoms with Gasteiger partial charge in [-0.2, -0.15) is 0 Å². The van der Waals surface area contributed by atoms with Crippen LogP contribution < -0.4 is 0 Å². The molecule has 24 heavy (non-hydrogen) atoms. The van der Waals surface area contributed by atoms with Crippen LogP contribution in [0.15, 0.2) is 36.9 Å². The van der Waals surface area contributed by atoms with E-state index in [-0.39, 0.29) is 0 Å². The van der Waals surface area contributed by atoms with Crippen LogP contribution in [0.5, 0.6) is 0 Å². The van der Waals surface area contributed by atoms with E-state index in [1.54, 1.807) is 24.8 Å². The van der Waals surface area contributed by atoms with E-state index in [1.165, 1.54) is 0 Å². The van der Waals surface area contributed by atoms with E-state index in [1.807, 2.05) is 24.3 Å². The molecule has 0 saturated heterocycles. The summed E-state index contributed by atoms with van der Waals surface area (Å²) >= 11 is 0. The monoisotopic (exact) mass is 314 g/mol. The number of hydrogen-bond acceptors (Lipinski definition) is 4. The van der Waals surface area contributed by atoms with Crippen LogP contribution in [-0.4, -0.2) is 19.9 Å². The summed E-state index contributed by atoms with van der Waals surface area (Å²) in [6.07, 6.45) is 16.5. The largest absolute Gasteiger partial charge is 0.236 e. The molecular formula is C20H18N4. The van der Waals surface area contributed by atoms with Crippen LogP contribution in [0.4, 0.5) is 0 Å². The molecule has 2 aromatic rings. The van der Waals surface area contributed by atoms with Crippen molar-refractivity contribution in [2.45, 2.75) is 26.7 Å². The van der Waals surface area contributed by atoms with Crippen molar-refractivity contribution in [3.8, 4) is 23.7 Å². The summed E-state index contributed by atoms with van der Waals surface area (Å²) in [4.78, 5) is 16.8. The average molecular weight is 314 g/mol. The topological polar surface area (TPSA) is 51.6 Å². The quantitative estimate of drug-likeness (QED) is 0.810. The second-order valence-electron chi connectivity index (χ2n) is 4.78. The van der Waals surface area contributed by atoms with Crippen LogP contribution in [0, 0.1) is 23.7 Å². The zero-order chi connectivity index (χ0) is 17.0. The van der Waals surface area contributed by atoms with Gasteiger partial charge in [-0.1, -0.05) is 26.0 Å². The third kappa shape index (κ3) is 5.87. The first-order chi connectivity index (χ1) is 11.8. The third-order valence-electron chi connectivity index (χ3n) is 2.83. The SMILES string of the molecule is CC/C=C/c1ncc(C#CC#Cc2cnc(/C=C/CC)nc2)cn1. The highest BCUT2D eigenvalue weighted by Gasteiger charge is 1.91. The van der Waals surface area contributed by atoms with E-state index < -0.39 is 0 Å². The predicted octanol–water partition coefficient (Wildman–Crippen LogP) is 3.52. The van der Waals surface area contributed by atoms with E-state index in [2.05, 4.69) is 57.5 Å². The molecule has 0 N–H and O–H groups in total. The van der Waals surface area contributed by atoms with Crippen molar-refractivity contribution in [3.05, 3.63) is 59.7 Å². The van der Waals surface area contributed by atoms with E-state index in [0.29, 0.717) is 11.6 Å². The van der Waals surface area contributed by atoms with Gasteiger partial charge in [0, 0.05) is 24.8 Å². The molecule has 4 nitrogen and oxygen atoms in total. The van der Waals surface area contributed by atoms with Crippen molar-refractivity contribution in [3.63, 3.8) is 0 Å². The van der Waals surface area contributed by atoms with Crippen LogP contribution in [0.1, 0.15) is 49.5 Å². The molecule has 0 unspecified atom stereocenters. The lowest BCUT2D eigenvalue weighted by Gasteiger charge is -1.91. The lowest BCUT2D eigenvalue weighted by Crippen LogP contribution is -1.88. The fourth-order valence-electron chi connectivity index (χ4n) is 1.63. The second kappa shape index (κ2) is 9.71. The van der Waals surface area contributed by atoms with Crippen molar-refractivity contribution in [1.29, 1.82) is 0 Å². The Morgan fingerprint density at radius 3 is 1.42 bits per heavy atom. The molecular weight excluding hydrogens is 296 g/mol. The number of rotatable bonds is 4. The maximum absolute atomic E-state index is 4.21. The van der Waals surface area contributed by atoms with Gasteiger partial charge in [-0.25, -0.2) is 19.9 Å². The van der Waals surface area contributed by atoms with Crippen LogP contribution in [-0.2, 0) is 0 Å². The maximum atomic E-state index is 4.21. The summed E-state index contributed by atoms with van der Waals surface area (Å²) in [5.41, 5.74) is 1.46. The standard InChI is InChI=1S/C20H18N4/c1-3-5-11-19-21-13-17(14-22-19)9-7-8-10-18-15-23-20(24-16-18)12-6-4-2/h5-6,11-16H,3-4H2,1-2H3/b11-5+,12-6+. The molecule has 0 aliphatic rings. The number of hydrogen-bond donors (Lipinski definition) is 0. The summed E-state index contributed by atoms with van der Waals surface area (Å²) in [5.74, 6) is 12.8. The molecule has 4 heteroatoms. The first kappa shape index (κ1) is 17.1. The Kier molecular flexibility index (Phi) is 6.93. The van der Waals surface area contributed by atoms with Gasteiger partial charge in [-0.15, -0.1) is 0 Å². The average Bonchev–Trinajstić information content (AvgIpc) is 2.64. The van der Waals surface area contributed by atoms with Gasteiger partial charge in [0.1, 0.15) is 0 Å². The Hall–Kier alpha value is -3.24. The fraction of sp³-hybridized carbons (Fsp3) is 0.200. The van der Waals surface area contributed by atoms with Crippen LogP contribution >= 0.6 is 0 Å². The van der Waals surface area contributed by atoms with E-state index in [0.717, 1.165) is 24.0 Å². The van der Waals surface area contributed by atoms with E-state index >= 15 is 0 Å². The Labute approximate surface area is 142 Å². The first-order valence-corrected chi connectivity index (χ1v) is 7.81. The molecule has 118 valence electrons. The number of aromatic nitrogens is 4. The fourth-order valence-corrected chi connectivity index (χ4v) is 1.63. The highest BCUT2D eigenvalue weighted by Crippen LogP contribution is 1.98. The zero-order valence-electron chi connectivity index (χ0n) is 13.8. The Balaban J connectivity index is 1.99. The zero-order valence-corrected chi connectivity index (χ0v) is 13.8. The Morgan fingerprint density at radius 2 is 1.08 bits per heavy atom. The van der Waals surface area contributed by atoms with E-state index in [9.17, 15) is 0 Å². The minimum Gasteiger partial charge on any atom is -0.236 e. The normalized spacial score (nSPS) is 10.2. The number of allylic oxidation sites excluding steroid dienone is 2. The molecule has 0 fully saturated rings. The second-order valence-corrected chi connectivity index (χ2v) is 4.78. The summed E-state index contributed by atoms with van der Waals surface area (Å²) in [5, 5.41) is 0. The van der Waals surface area contributed by atoms with Crippen LogP contribution in [0.25, 0.3) is 12.2 Å². The van der Waals surface area contributed by atoms with Crippen LogP contribution in [0.3, 0.4) is 0 Å². The molecule has 0 radical (unpaired) electrons. The van der Waals surface area contributed by atoms with Gasteiger partial charge in [-0.3, -0.25) is 0 Å². The molecule has 0 saturated carbocycles. The molecule has 0 amide bonds. The van der Waals surface area contributed by atoms with Crippen molar-refractivity contribution in [2.75, 3.05) is 0 Å². The minimum absolute atomic E-state index is 0.683. The van der Waals surface area contributed by atoms with Crippen molar-refractivity contribution >= 4 is 12.2 Å². The van der Waals surface area contributed by atoms with Crippen LogP contribution in [0.2, 0.25) is 0 Å². The smallest absolute Gasteiger partial charge is 0.151 e. The third-order valence-corrected chi connectivity index (χ3v) is 2.83. The maximum Gasteiger partial charge on any atom is 0.151 e. The molecule has 2 heterocycles. The highest BCUT2D eigenvalue weighted by molar-refractivity contribution is 5.45. The molecule has 0 aromatic carbocycles. The van der Waals surface area contributed by atoms with Gasteiger partial charge in [0.15, 0.2) is 11.6 Å². The molecule has 0 aliphatic carbocycles. The van der Waals surface area contributed by atoms with E-state index in [4.69, 9.17) is 0 Å².